The van der Waals surface area contributed by atoms with E-state index in [1.165, 1.54) is 0 Å². The second-order valence-electron chi connectivity index (χ2n) is 5.62. The van der Waals surface area contributed by atoms with Crippen LogP contribution in [0.25, 0.3) is 5.57 Å². The van der Waals surface area contributed by atoms with Gasteiger partial charge in [-0.1, -0.05) is 12.2 Å². The monoisotopic (exact) mass is 326 g/mol. The minimum atomic E-state index is -0.511. The molecule has 1 fully saturated rings. The van der Waals surface area contributed by atoms with Crippen LogP contribution >= 0.6 is 12.2 Å². The number of hydrogen-bond donors (Lipinski definition) is 0. The number of benzene rings is 1. The Labute approximate surface area is 141 Å². The van der Waals surface area contributed by atoms with Crippen molar-refractivity contribution < 1.29 is 9.47 Å². The summed E-state index contributed by atoms with van der Waals surface area (Å²) in [7, 11) is 3.26. The zero-order valence-corrected chi connectivity index (χ0v) is 14.1. The van der Waals surface area contributed by atoms with Crippen molar-refractivity contribution in [1.82, 2.24) is 0 Å². The molecule has 0 aromatic heterocycles. The van der Waals surface area contributed by atoms with Gasteiger partial charge in [-0.05, 0) is 55.0 Å². The van der Waals surface area contributed by atoms with Crippen LogP contribution in [-0.4, -0.2) is 24.9 Å². The van der Waals surface area contributed by atoms with Crippen molar-refractivity contribution in [2.24, 2.45) is 10.9 Å². The van der Waals surface area contributed by atoms with E-state index in [2.05, 4.69) is 11.1 Å². The van der Waals surface area contributed by atoms with Crippen LogP contribution in [0.5, 0.6) is 11.5 Å². The van der Waals surface area contributed by atoms with Crippen molar-refractivity contribution in [2.45, 2.75) is 25.7 Å². The minimum Gasteiger partial charge on any atom is -0.497 e. The fourth-order valence-electron chi connectivity index (χ4n) is 3.26. The lowest BCUT2D eigenvalue weighted by atomic mass is 9.79. The second kappa shape index (κ2) is 6.51. The van der Waals surface area contributed by atoms with E-state index in [1.54, 1.807) is 14.2 Å². The number of nitrogens with zero attached hydrogens (tertiary/aromatic N) is 2. The Morgan fingerprint density at radius 1 is 1.22 bits per heavy atom. The van der Waals surface area contributed by atoms with Crippen LogP contribution in [0, 0.1) is 17.2 Å². The number of aliphatic imine (C=N–C) groups is 1. The molecule has 0 radical (unpaired) electrons. The molecule has 0 amide bonds. The Hall–Kier alpha value is -2.19. The second-order valence-corrected chi connectivity index (χ2v) is 6.04. The van der Waals surface area contributed by atoms with E-state index in [-0.39, 0.29) is 0 Å². The van der Waals surface area contributed by atoms with Crippen LogP contribution in [0.4, 0.5) is 0 Å². The summed E-state index contributed by atoms with van der Waals surface area (Å²) in [5.74, 6) is 0.947. The highest BCUT2D eigenvalue weighted by atomic mass is 32.1. The standard InChI is InChI=1S/C18H18N2O2S/c1-21-11-7-8-16(22-2)13(9-11)17-12-5-3-4-6-15(12)20-18(23)14(17)10-19/h7-9,14H,3-6H2,1-2H3/t14-/m0/s1. The molecule has 23 heavy (non-hydrogen) atoms. The normalized spacial score (nSPS) is 20.5. The summed E-state index contributed by atoms with van der Waals surface area (Å²) in [5.41, 5.74) is 4.01. The van der Waals surface area contributed by atoms with Gasteiger partial charge in [0.2, 0.25) is 0 Å². The molecular weight excluding hydrogens is 308 g/mol. The number of hydrogen-bond acceptors (Lipinski definition) is 4. The van der Waals surface area contributed by atoms with Crippen molar-refractivity contribution in [3.05, 3.63) is 29.3 Å². The average molecular weight is 326 g/mol. The largest absolute Gasteiger partial charge is 0.497 e. The molecule has 2 aliphatic rings. The van der Waals surface area contributed by atoms with Crippen LogP contribution in [0.3, 0.4) is 0 Å². The number of allylic oxidation sites excluding steroid dienone is 1. The van der Waals surface area contributed by atoms with E-state index in [0.29, 0.717) is 4.99 Å². The zero-order chi connectivity index (χ0) is 16.4. The lowest BCUT2D eigenvalue weighted by molar-refractivity contribution is 0.402. The van der Waals surface area contributed by atoms with Gasteiger partial charge in [-0.2, -0.15) is 5.26 Å². The van der Waals surface area contributed by atoms with E-state index >= 15 is 0 Å². The summed E-state index contributed by atoms with van der Waals surface area (Å²) in [4.78, 5) is 4.98. The van der Waals surface area contributed by atoms with Crippen LogP contribution in [0.15, 0.2) is 28.8 Å². The maximum atomic E-state index is 9.66. The van der Waals surface area contributed by atoms with Gasteiger partial charge in [-0.15, -0.1) is 0 Å². The highest BCUT2D eigenvalue weighted by molar-refractivity contribution is 7.80. The molecular formula is C18H18N2O2S. The van der Waals surface area contributed by atoms with E-state index in [0.717, 1.165) is 59.6 Å². The van der Waals surface area contributed by atoms with Gasteiger partial charge in [-0.25, -0.2) is 4.99 Å². The number of fused-ring (bicyclic) bond motifs is 1. The molecule has 1 atom stereocenters. The van der Waals surface area contributed by atoms with Crippen LogP contribution in [-0.2, 0) is 0 Å². The van der Waals surface area contributed by atoms with Crippen LogP contribution < -0.4 is 9.47 Å². The number of dihydropyridines is 1. The zero-order valence-electron chi connectivity index (χ0n) is 13.3. The van der Waals surface area contributed by atoms with Crippen molar-refractivity contribution in [2.75, 3.05) is 14.2 Å². The lowest BCUT2D eigenvalue weighted by Gasteiger charge is -2.29. The molecule has 1 aromatic carbocycles. The Balaban J connectivity index is 2.25. The first-order valence-electron chi connectivity index (χ1n) is 7.66. The maximum Gasteiger partial charge on any atom is 0.126 e. The predicted molar refractivity (Wildman–Crippen MR) is 94.1 cm³/mol. The molecule has 0 unspecified atom stereocenters. The van der Waals surface area contributed by atoms with E-state index in [1.807, 2.05) is 18.2 Å². The van der Waals surface area contributed by atoms with Gasteiger partial charge in [0.1, 0.15) is 22.4 Å². The Kier molecular flexibility index (Phi) is 4.44. The predicted octanol–water partition coefficient (Wildman–Crippen LogP) is 3.95. The van der Waals surface area contributed by atoms with E-state index in [4.69, 9.17) is 21.7 Å². The molecule has 0 saturated heterocycles. The van der Waals surface area contributed by atoms with Crippen LogP contribution in [0.1, 0.15) is 31.2 Å². The first-order valence-corrected chi connectivity index (χ1v) is 8.07. The number of methoxy groups -OCH3 is 2. The Bertz CT molecular complexity index is 759. The van der Waals surface area contributed by atoms with Gasteiger partial charge in [0.05, 0.1) is 20.3 Å². The van der Waals surface area contributed by atoms with Gasteiger partial charge in [0.15, 0.2) is 0 Å². The van der Waals surface area contributed by atoms with E-state index < -0.39 is 5.92 Å². The summed E-state index contributed by atoms with van der Waals surface area (Å²) in [6.45, 7) is 0. The Morgan fingerprint density at radius 2 is 2.00 bits per heavy atom. The number of nitriles is 1. The minimum absolute atomic E-state index is 0.452. The molecule has 1 aliphatic carbocycles. The third kappa shape index (κ3) is 2.75. The summed E-state index contributed by atoms with van der Waals surface area (Å²) >= 11 is 5.40. The molecule has 1 aromatic rings. The summed E-state index contributed by atoms with van der Waals surface area (Å²) < 4.78 is 10.9. The molecule has 118 valence electrons. The number of ether oxygens (including phenoxy) is 2. The third-order valence-corrected chi connectivity index (χ3v) is 4.70. The molecule has 4 nitrogen and oxygen atoms in total. The average Bonchev–Trinajstić information content (AvgIpc) is 2.59. The first-order chi connectivity index (χ1) is 11.2. The van der Waals surface area contributed by atoms with Crippen molar-refractivity contribution in [1.29, 1.82) is 5.26 Å². The SMILES string of the molecule is COc1ccc(OC)c(C2=C3CCCCC3=NC(=S)[C@H]2C#N)c1. The molecule has 5 heteroatoms. The van der Waals surface area contributed by atoms with Crippen molar-refractivity contribution in [3.63, 3.8) is 0 Å². The molecule has 1 heterocycles. The molecule has 1 aliphatic heterocycles. The molecule has 3 rings (SSSR count). The van der Waals surface area contributed by atoms with E-state index in [9.17, 15) is 5.26 Å². The highest BCUT2D eigenvalue weighted by Gasteiger charge is 2.33. The summed E-state index contributed by atoms with van der Waals surface area (Å²) in [6.07, 6.45) is 4.07. The van der Waals surface area contributed by atoms with Gasteiger partial charge >= 0.3 is 0 Å². The van der Waals surface area contributed by atoms with Crippen molar-refractivity contribution in [3.8, 4) is 17.6 Å². The molecule has 0 N–H and O–H groups in total. The Morgan fingerprint density at radius 3 is 2.70 bits per heavy atom. The van der Waals surface area contributed by atoms with Gasteiger partial charge in [0, 0.05) is 11.3 Å². The topological polar surface area (TPSA) is 54.6 Å². The third-order valence-electron chi connectivity index (χ3n) is 4.37. The van der Waals surface area contributed by atoms with Gasteiger partial charge in [-0.3, -0.25) is 0 Å². The summed E-state index contributed by atoms with van der Waals surface area (Å²) in [5, 5.41) is 9.66. The quantitative estimate of drug-likeness (QED) is 0.789. The van der Waals surface area contributed by atoms with Gasteiger partial charge < -0.3 is 9.47 Å². The molecule has 1 saturated carbocycles. The molecule has 0 bridgehead atoms. The summed E-state index contributed by atoms with van der Waals surface area (Å²) in [6, 6.07) is 7.97. The fourth-order valence-corrected chi connectivity index (χ4v) is 3.54. The molecule has 0 spiro atoms. The number of rotatable bonds is 3. The lowest BCUT2D eigenvalue weighted by Crippen LogP contribution is -2.25. The van der Waals surface area contributed by atoms with Gasteiger partial charge in [0.25, 0.3) is 0 Å². The first kappa shape index (κ1) is 15.7. The van der Waals surface area contributed by atoms with Crippen LogP contribution in [0.2, 0.25) is 0 Å². The highest BCUT2D eigenvalue weighted by Crippen LogP contribution is 2.42. The fraction of sp³-hybridized carbons (Fsp3) is 0.389. The number of thiocarbonyl (C=S) groups is 1. The van der Waals surface area contributed by atoms with Crippen molar-refractivity contribution >= 4 is 28.5 Å². The smallest absolute Gasteiger partial charge is 0.126 e. The maximum absolute atomic E-state index is 9.66.